The van der Waals surface area contributed by atoms with Gasteiger partial charge in [-0.05, 0) is 50.3 Å². The maximum atomic E-state index is 13.6. The molecule has 2 amide bonds. The summed E-state index contributed by atoms with van der Waals surface area (Å²) in [4.78, 5) is 39.7. The minimum atomic E-state index is -1.21. The van der Waals surface area contributed by atoms with Gasteiger partial charge >= 0.3 is 5.97 Å². The van der Waals surface area contributed by atoms with Crippen molar-refractivity contribution >= 4 is 25.9 Å². The fourth-order valence-corrected chi connectivity index (χ4v) is 5.27. The molecule has 0 saturated carbocycles. The topological polar surface area (TPSA) is 108 Å². The summed E-state index contributed by atoms with van der Waals surface area (Å²) in [5.74, 6) is -0.763. The molecular weight excluding hydrogens is 548 g/mol. The molecular formula is C33H52N2O6Si. The van der Waals surface area contributed by atoms with Crippen molar-refractivity contribution in [2.75, 3.05) is 13.4 Å². The molecule has 234 valence electrons. The van der Waals surface area contributed by atoms with Crippen LogP contribution in [0.2, 0.25) is 25.7 Å². The molecule has 0 aliphatic carbocycles. The Morgan fingerprint density at radius 2 is 1.86 bits per heavy atom. The number of carbonyl (C=O) groups excluding carboxylic acids is 3. The van der Waals surface area contributed by atoms with Crippen LogP contribution in [0.15, 0.2) is 48.7 Å². The normalized spacial score (nSPS) is 16.5. The lowest BCUT2D eigenvalue weighted by Gasteiger charge is -2.26. The fraction of sp³-hybridized carbons (Fsp3) is 0.606. The Bertz CT molecular complexity index is 1050. The standard InChI is InChI=1S/C33H52N2O6Si/c1-6-7-8-11-17-27(18-12-9-10-16-26(2)31(34)36)41-33(38)29-20-15-22-35(29)32(37)28-19-13-14-21-30(28)40-25-39-23-24-42(3,4)5/h9,12-15,19,21-22,26-27,29H,6-8,10-11,16-18,20,23-25H2,1-5H3,(H2,34,36)/b12-9+/t26-,27-,29+/m1/s1. The van der Waals surface area contributed by atoms with E-state index < -0.39 is 20.1 Å². The minimum Gasteiger partial charge on any atom is -0.467 e. The number of carbonyl (C=O) groups is 3. The van der Waals surface area contributed by atoms with Crippen LogP contribution in [0, 0.1) is 5.92 Å². The maximum absolute atomic E-state index is 13.6. The van der Waals surface area contributed by atoms with Gasteiger partial charge in [-0.25, -0.2) is 4.79 Å². The Kier molecular flexibility index (Phi) is 15.6. The zero-order valence-electron chi connectivity index (χ0n) is 26.3. The molecule has 0 unspecified atom stereocenters. The molecule has 1 aromatic carbocycles. The smallest absolute Gasteiger partial charge is 0.329 e. The highest BCUT2D eigenvalue weighted by Crippen LogP contribution is 2.26. The lowest BCUT2D eigenvalue weighted by atomic mass is 10.0. The van der Waals surface area contributed by atoms with Crippen molar-refractivity contribution in [3.05, 3.63) is 54.3 Å². The van der Waals surface area contributed by atoms with E-state index in [0.29, 0.717) is 37.2 Å². The van der Waals surface area contributed by atoms with E-state index in [-0.39, 0.29) is 30.6 Å². The van der Waals surface area contributed by atoms with Crippen LogP contribution in [0.5, 0.6) is 5.75 Å². The van der Waals surface area contributed by atoms with Gasteiger partial charge in [0.15, 0.2) is 6.79 Å². The van der Waals surface area contributed by atoms with E-state index in [1.54, 1.807) is 24.4 Å². The highest BCUT2D eigenvalue weighted by molar-refractivity contribution is 6.76. The third-order valence-corrected chi connectivity index (χ3v) is 9.06. The van der Waals surface area contributed by atoms with Crippen LogP contribution in [-0.2, 0) is 19.1 Å². The average Bonchev–Trinajstić information content (AvgIpc) is 3.44. The van der Waals surface area contributed by atoms with Gasteiger partial charge < -0.3 is 24.8 Å². The summed E-state index contributed by atoms with van der Waals surface area (Å²) < 4.78 is 17.5. The monoisotopic (exact) mass is 600 g/mol. The van der Waals surface area contributed by atoms with Gasteiger partial charge in [0.1, 0.15) is 17.9 Å². The number of hydrogen-bond acceptors (Lipinski definition) is 6. The molecule has 0 spiro atoms. The quantitative estimate of drug-likeness (QED) is 0.0577. The van der Waals surface area contributed by atoms with Crippen molar-refractivity contribution in [1.82, 2.24) is 4.90 Å². The molecule has 0 fully saturated rings. The van der Waals surface area contributed by atoms with Gasteiger partial charge in [0, 0.05) is 33.2 Å². The fourth-order valence-electron chi connectivity index (χ4n) is 4.51. The van der Waals surface area contributed by atoms with E-state index in [1.807, 2.05) is 31.2 Å². The highest BCUT2D eigenvalue weighted by Gasteiger charge is 2.35. The second-order valence-electron chi connectivity index (χ2n) is 12.3. The largest absolute Gasteiger partial charge is 0.467 e. The van der Waals surface area contributed by atoms with Gasteiger partial charge in [-0.3, -0.25) is 9.59 Å². The number of para-hydroxylation sites is 1. The van der Waals surface area contributed by atoms with Crippen LogP contribution in [0.3, 0.4) is 0 Å². The molecule has 8 nitrogen and oxygen atoms in total. The molecule has 0 aromatic heterocycles. The number of primary amides is 1. The molecule has 2 N–H and O–H groups in total. The second-order valence-corrected chi connectivity index (χ2v) is 17.9. The summed E-state index contributed by atoms with van der Waals surface area (Å²) in [6, 6.07) is 7.34. The number of amides is 2. The summed E-state index contributed by atoms with van der Waals surface area (Å²) in [6.45, 7) is 11.5. The first-order valence-corrected chi connectivity index (χ1v) is 19.2. The van der Waals surface area contributed by atoms with Crippen LogP contribution < -0.4 is 10.5 Å². The summed E-state index contributed by atoms with van der Waals surface area (Å²) in [5, 5.41) is 0. The molecule has 3 atom stereocenters. The van der Waals surface area contributed by atoms with Crippen LogP contribution >= 0.6 is 0 Å². The Balaban J connectivity index is 2.01. The first kappa shape index (κ1) is 35.3. The third-order valence-electron chi connectivity index (χ3n) is 7.36. The number of nitrogens with two attached hydrogens (primary N) is 1. The first-order valence-electron chi connectivity index (χ1n) is 15.5. The van der Waals surface area contributed by atoms with E-state index in [4.69, 9.17) is 19.9 Å². The number of rotatable bonds is 20. The Morgan fingerprint density at radius 1 is 1.10 bits per heavy atom. The Labute approximate surface area is 253 Å². The predicted molar refractivity (Wildman–Crippen MR) is 170 cm³/mol. The van der Waals surface area contributed by atoms with E-state index >= 15 is 0 Å². The second kappa shape index (κ2) is 18.6. The summed E-state index contributed by atoms with van der Waals surface area (Å²) in [5.41, 5.74) is 5.73. The van der Waals surface area contributed by atoms with Crippen molar-refractivity contribution in [2.45, 2.75) is 109 Å². The molecule has 1 aliphatic rings. The van der Waals surface area contributed by atoms with Crippen molar-refractivity contribution in [1.29, 1.82) is 0 Å². The van der Waals surface area contributed by atoms with Crippen molar-refractivity contribution in [3.63, 3.8) is 0 Å². The Morgan fingerprint density at radius 3 is 2.57 bits per heavy atom. The first-order chi connectivity index (χ1) is 20.0. The minimum absolute atomic E-state index is 0.0603. The molecule has 2 rings (SSSR count). The number of esters is 1. The maximum Gasteiger partial charge on any atom is 0.329 e. The summed E-state index contributed by atoms with van der Waals surface area (Å²) in [7, 11) is -1.21. The molecule has 42 heavy (non-hydrogen) atoms. The van der Waals surface area contributed by atoms with Gasteiger partial charge in [-0.15, -0.1) is 0 Å². The van der Waals surface area contributed by atoms with Crippen LogP contribution in [0.25, 0.3) is 0 Å². The van der Waals surface area contributed by atoms with E-state index in [2.05, 4.69) is 26.6 Å². The molecule has 0 radical (unpaired) electrons. The van der Waals surface area contributed by atoms with Crippen molar-refractivity contribution in [3.8, 4) is 5.75 Å². The van der Waals surface area contributed by atoms with Gasteiger partial charge in [-0.1, -0.05) is 83.1 Å². The number of nitrogens with zero attached hydrogens (tertiary/aromatic N) is 1. The molecule has 0 saturated heterocycles. The van der Waals surface area contributed by atoms with E-state index in [1.165, 1.54) is 4.90 Å². The SMILES string of the molecule is CCCCCC[C@H](C/C=C/CC[C@@H](C)C(N)=O)OC(=O)[C@@H]1CC=CN1C(=O)c1ccccc1OCOCC[Si](C)(C)C. The van der Waals surface area contributed by atoms with E-state index in [0.717, 1.165) is 44.6 Å². The van der Waals surface area contributed by atoms with Crippen LogP contribution in [0.1, 0.15) is 82.0 Å². The number of allylic oxidation sites excluding steroid dienone is 1. The average molecular weight is 601 g/mol. The molecule has 9 heteroatoms. The van der Waals surface area contributed by atoms with Crippen molar-refractivity contribution < 1.29 is 28.6 Å². The lowest BCUT2D eigenvalue weighted by molar-refractivity contribution is -0.153. The predicted octanol–water partition coefficient (Wildman–Crippen LogP) is 6.84. The van der Waals surface area contributed by atoms with Crippen LogP contribution in [-0.4, -0.2) is 56.3 Å². The lowest BCUT2D eigenvalue weighted by Crippen LogP contribution is -2.41. The third kappa shape index (κ3) is 12.9. The summed E-state index contributed by atoms with van der Waals surface area (Å²) >= 11 is 0. The van der Waals surface area contributed by atoms with Gasteiger partial charge in [0.2, 0.25) is 5.91 Å². The zero-order valence-corrected chi connectivity index (χ0v) is 27.3. The van der Waals surface area contributed by atoms with Gasteiger partial charge in [0.05, 0.1) is 5.56 Å². The molecule has 1 aliphatic heterocycles. The zero-order chi connectivity index (χ0) is 31.0. The Hall–Kier alpha value is -2.91. The number of ether oxygens (including phenoxy) is 3. The molecule has 1 aromatic rings. The molecule has 0 bridgehead atoms. The number of hydrogen-bond donors (Lipinski definition) is 1. The van der Waals surface area contributed by atoms with Gasteiger partial charge in [0.25, 0.3) is 5.91 Å². The van der Waals surface area contributed by atoms with Crippen molar-refractivity contribution in [2.24, 2.45) is 11.7 Å². The van der Waals surface area contributed by atoms with Gasteiger partial charge in [-0.2, -0.15) is 0 Å². The number of benzene rings is 1. The van der Waals surface area contributed by atoms with Crippen LogP contribution in [0.4, 0.5) is 0 Å². The van der Waals surface area contributed by atoms with E-state index in [9.17, 15) is 14.4 Å². The molecule has 1 heterocycles. The highest BCUT2D eigenvalue weighted by atomic mass is 28.3. The summed E-state index contributed by atoms with van der Waals surface area (Å²) in [6.07, 6.45) is 14.7. The number of unbranched alkanes of at least 4 members (excludes halogenated alkanes) is 3.